The number of aryl methyl sites for hydroxylation is 1. The van der Waals surface area contributed by atoms with Gasteiger partial charge >= 0.3 is 0 Å². The highest BCUT2D eigenvalue weighted by molar-refractivity contribution is 5.78. The quantitative estimate of drug-likeness (QED) is 0.516. The first kappa shape index (κ1) is 20.1. The fourth-order valence-corrected chi connectivity index (χ4v) is 4.07. The van der Waals surface area contributed by atoms with E-state index in [9.17, 15) is 4.79 Å². The van der Waals surface area contributed by atoms with Crippen LogP contribution in [0, 0.1) is 6.92 Å². The van der Waals surface area contributed by atoms with Crippen molar-refractivity contribution in [2.45, 2.75) is 25.9 Å². The maximum Gasteiger partial charge on any atom is 0.253 e. The summed E-state index contributed by atoms with van der Waals surface area (Å²) in [7, 11) is 0. The number of hydrogen-bond acceptors (Lipinski definition) is 7. The molecule has 1 aliphatic heterocycles. The first-order valence-electron chi connectivity index (χ1n) is 10.6. The van der Waals surface area contributed by atoms with E-state index in [2.05, 4.69) is 25.6 Å². The number of amides is 1. The summed E-state index contributed by atoms with van der Waals surface area (Å²) in [5.74, 6) is 1.51. The van der Waals surface area contributed by atoms with Gasteiger partial charge in [-0.1, -0.05) is 65.8 Å². The molecule has 1 amide bonds. The van der Waals surface area contributed by atoms with Crippen LogP contribution in [0.4, 0.5) is 0 Å². The molecule has 0 radical (unpaired) electrons. The fraction of sp³-hybridized carbons (Fsp3) is 0.250. The minimum atomic E-state index is -0.0637. The summed E-state index contributed by atoms with van der Waals surface area (Å²) in [5.41, 5.74) is 3.37. The zero-order chi connectivity index (χ0) is 21.9. The second-order valence-electron chi connectivity index (χ2n) is 7.78. The number of benzene rings is 2. The molecule has 162 valence electrons. The van der Waals surface area contributed by atoms with Crippen LogP contribution < -0.4 is 5.32 Å². The summed E-state index contributed by atoms with van der Waals surface area (Å²) in [5, 5.41) is 15.7. The van der Waals surface area contributed by atoms with E-state index in [1.165, 1.54) is 0 Å². The lowest BCUT2D eigenvalue weighted by Gasteiger charge is -2.27. The summed E-state index contributed by atoms with van der Waals surface area (Å²) >= 11 is 0. The third-order valence-corrected chi connectivity index (χ3v) is 5.65. The molecule has 0 spiro atoms. The maximum absolute atomic E-state index is 12.2. The lowest BCUT2D eigenvalue weighted by atomic mass is 10.0. The molecule has 1 unspecified atom stereocenters. The number of nitrogens with one attached hydrogen (secondary N) is 1. The number of carbonyl (C=O) groups is 1. The Morgan fingerprint density at radius 1 is 1.06 bits per heavy atom. The van der Waals surface area contributed by atoms with Crippen LogP contribution >= 0.6 is 0 Å². The number of aromatic nitrogens is 3. The van der Waals surface area contributed by atoms with Gasteiger partial charge in [0.25, 0.3) is 5.89 Å². The zero-order valence-corrected chi connectivity index (χ0v) is 17.7. The van der Waals surface area contributed by atoms with Gasteiger partial charge in [0.15, 0.2) is 0 Å². The molecule has 32 heavy (non-hydrogen) atoms. The van der Waals surface area contributed by atoms with E-state index < -0.39 is 0 Å². The topological polar surface area (TPSA) is 97.3 Å². The molecule has 1 fully saturated rings. The van der Waals surface area contributed by atoms with Crippen LogP contribution in [0.15, 0.2) is 69.6 Å². The highest BCUT2D eigenvalue weighted by atomic mass is 16.5. The molecular formula is C24H23N5O3. The average Bonchev–Trinajstić information content (AvgIpc) is 3.39. The Bertz CT molecular complexity index is 1200. The fourth-order valence-electron chi connectivity index (χ4n) is 4.07. The summed E-state index contributed by atoms with van der Waals surface area (Å²) in [6, 6.07) is 19.7. The van der Waals surface area contributed by atoms with Crippen LogP contribution in [0.2, 0.25) is 0 Å². The van der Waals surface area contributed by atoms with E-state index in [1.54, 1.807) is 0 Å². The van der Waals surface area contributed by atoms with Crippen LogP contribution in [0.25, 0.3) is 22.7 Å². The van der Waals surface area contributed by atoms with Gasteiger partial charge in [0.05, 0.1) is 6.54 Å². The van der Waals surface area contributed by atoms with Crippen molar-refractivity contribution in [2.75, 3.05) is 13.1 Å². The van der Waals surface area contributed by atoms with Crippen molar-refractivity contribution < 1.29 is 13.7 Å². The van der Waals surface area contributed by atoms with Crippen LogP contribution in [-0.4, -0.2) is 39.3 Å². The molecule has 1 atom stereocenters. The Hall–Kier alpha value is -3.78. The van der Waals surface area contributed by atoms with E-state index >= 15 is 0 Å². The standard InChI is InChI=1S/C24H23N5O3/c1-16-22(23(28-32-16)18-10-6-3-7-11-18)24-27-26-21(31-24)15-29-13-12-25-20(30)14-19(29)17-8-4-2-5-9-17/h2-11,19H,12-15H2,1H3,(H,25,30). The highest BCUT2D eigenvalue weighted by Crippen LogP contribution is 2.34. The van der Waals surface area contributed by atoms with Crippen molar-refractivity contribution in [3.63, 3.8) is 0 Å². The molecule has 1 saturated heterocycles. The SMILES string of the molecule is Cc1onc(-c2ccccc2)c1-c1nnc(CN2CCNC(=O)CC2c2ccccc2)o1. The Balaban J connectivity index is 1.43. The lowest BCUT2D eigenvalue weighted by molar-refractivity contribution is -0.121. The number of carbonyl (C=O) groups excluding carboxylic acids is 1. The summed E-state index contributed by atoms with van der Waals surface area (Å²) < 4.78 is 11.5. The van der Waals surface area contributed by atoms with E-state index in [1.807, 2.05) is 67.6 Å². The molecule has 8 heteroatoms. The third-order valence-electron chi connectivity index (χ3n) is 5.65. The minimum absolute atomic E-state index is 0.0418. The molecule has 0 bridgehead atoms. The molecule has 0 aliphatic carbocycles. The average molecular weight is 429 g/mol. The molecule has 0 saturated carbocycles. The molecule has 4 aromatic rings. The molecule has 1 aliphatic rings. The minimum Gasteiger partial charge on any atom is -0.419 e. The summed E-state index contributed by atoms with van der Waals surface area (Å²) in [6.07, 6.45) is 0.383. The van der Waals surface area contributed by atoms with E-state index in [4.69, 9.17) is 8.94 Å². The van der Waals surface area contributed by atoms with Crippen LogP contribution in [0.3, 0.4) is 0 Å². The predicted molar refractivity (Wildman–Crippen MR) is 117 cm³/mol. The van der Waals surface area contributed by atoms with Gasteiger partial charge in [0.1, 0.15) is 17.0 Å². The van der Waals surface area contributed by atoms with Crippen LogP contribution in [0.1, 0.15) is 29.7 Å². The Morgan fingerprint density at radius 2 is 1.81 bits per heavy atom. The van der Waals surface area contributed by atoms with Gasteiger partial charge in [-0.3, -0.25) is 9.69 Å². The second kappa shape index (κ2) is 8.76. The smallest absolute Gasteiger partial charge is 0.253 e. The third kappa shape index (κ3) is 4.04. The second-order valence-corrected chi connectivity index (χ2v) is 7.78. The Kier molecular flexibility index (Phi) is 5.51. The van der Waals surface area contributed by atoms with E-state index in [0.717, 1.165) is 11.1 Å². The zero-order valence-electron chi connectivity index (χ0n) is 17.7. The number of hydrogen-bond donors (Lipinski definition) is 1. The van der Waals surface area contributed by atoms with E-state index in [0.29, 0.717) is 54.9 Å². The maximum atomic E-state index is 12.2. The molecule has 2 aromatic heterocycles. The van der Waals surface area contributed by atoms with Gasteiger partial charge in [-0.15, -0.1) is 10.2 Å². The first-order chi connectivity index (χ1) is 15.7. The van der Waals surface area contributed by atoms with Gasteiger partial charge < -0.3 is 14.3 Å². The van der Waals surface area contributed by atoms with Crippen molar-refractivity contribution >= 4 is 5.91 Å². The highest BCUT2D eigenvalue weighted by Gasteiger charge is 2.28. The van der Waals surface area contributed by atoms with Crippen molar-refractivity contribution in [2.24, 2.45) is 0 Å². The van der Waals surface area contributed by atoms with E-state index in [-0.39, 0.29) is 11.9 Å². The summed E-state index contributed by atoms with van der Waals surface area (Å²) in [4.78, 5) is 14.4. The van der Waals surface area contributed by atoms with Gasteiger partial charge in [0, 0.05) is 31.1 Å². The molecule has 2 aromatic carbocycles. The molecule has 5 rings (SSSR count). The number of rotatable bonds is 5. The molecule has 1 N–H and O–H groups in total. The molecule has 3 heterocycles. The predicted octanol–water partition coefficient (Wildman–Crippen LogP) is 3.76. The Morgan fingerprint density at radius 3 is 2.59 bits per heavy atom. The van der Waals surface area contributed by atoms with Gasteiger partial charge in [0.2, 0.25) is 11.8 Å². The van der Waals surface area contributed by atoms with Crippen LogP contribution in [-0.2, 0) is 11.3 Å². The normalized spacial score (nSPS) is 17.2. The first-order valence-corrected chi connectivity index (χ1v) is 10.6. The summed E-state index contributed by atoms with van der Waals surface area (Å²) in [6.45, 7) is 3.53. The monoisotopic (exact) mass is 429 g/mol. The van der Waals surface area contributed by atoms with Crippen LogP contribution in [0.5, 0.6) is 0 Å². The molecular weight excluding hydrogens is 406 g/mol. The number of nitrogens with zero attached hydrogens (tertiary/aromatic N) is 4. The lowest BCUT2D eigenvalue weighted by Crippen LogP contribution is -2.30. The molecule has 8 nitrogen and oxygen atoms in total. The van der Waals surface area contributed by atoms with Gasteiger partial charge in [-0.2, -0.15) is 0 Å². The van der Waals surface area contributed by atoms with Crippen molar-refractivity contribution in [3.8, 4) is 22.7 Å². The van der Waals surface area contributed by atoms with Crippen molar-refractivity contribution in [3.05, 3.63) is 77.9 Å². The van der Waals surface area contributed by atoms with Crippen molar-refractivity contribution in [1.82, 2.24) is 25.6 Å². The largest absolute Gasteiger partial charge is 0.419 e. The van der Waals surface area contributed by atoms with Crippen molar-refractivity contribution in [1.29, 1.82) is 0 Å². The van der Waals surface area contributed by atoms with Gasteiger partial charge in [-0.25, -0.2) is 0 Å². The van der Waals surface area contributed by atoms with Gasteiger partial charge in [-0.05, 0) is 12.5 Å². The Labute approximate surface area is 185 Å².